The van der Waals surface area contributed by atoms with Crippen LogP contribution in [0.4, 0.5) is 13.2 Å². The fourth-order valence-electron chi connectivity index (χ4n) is 1.92. The predicted molar refractivity (Wildman–Crippen MR) is 78.6 cm³/mol. The van der Waals surface area contributed by atoms with E-state index < -0.39 is 17.5 Å². The average molecular weight is 378 g/mol. The van der Waals surface area contributed by atoms with Crippen molar-refractivity contribution in [3.8, 4) is 0 Å². The molecule has 0 aromatic heterocycles. The number of hydrogen-bond donors (Lipinski definition) is 0. The van der Waals surface area contributed by atoms with Crippen LogP contribution in [0.2, 0.25) is 5.02 Å². The molecule has 0 fully saturated rings. The number of ketones is 1. The number of benzene rings is 2. The van der Waals surface area contributed by atoms with E-state index in [0.717, 1.165) is 6.07 Å². The van der Waals surface area contributed by atoms with E-state index in [2.05, 4.69) is 15.9 Å². The van der Waals surface area contributed by atoms with E-state index in [0.29, 0.717) is 10.6 Å². The molecule has 2 aromatic carbocycles. The predicted octanol–water partition coefficient (Wildman–Crippen LogP) is 5.55. The van der Waals surface area contributed by atoms with Crippen molar-refractivity contribution in [3.63, 3.8) is 0 Å². The molecule has 21 heavy (non-hydrogen) atoms. The highest BCUT2D eigenvalue weighted by atomic mass is 79.9. The summed E-state index contributed by atoms with van der Waals surface area (Å²) in [7, 11) is 0. The summed E-state index contributed by atoms with van der Waals surface area (Å²) in [5.74, 6) is -0.600. The van der Waals surface area contributed by atoms with E-state index in [-0.39, 0.29) is 16.5 Å². The van der Waals surface area contributed by atoms with E-state index in [9.17, 15) is 18.0 Å². The Balaban J connectivity index is 2.35. The number of Topliss-reactive ketones (excluding diaryl/α,β-unsaturated/α-hetero) is 1. The van der Waals surface area contributed by atoms with Gasteiger partial charge in [0.05, 0.1) is 5.56 Å². The van der Waals surface area contributed by atoms with Crippen LogP contribution in [0.25, 0.3) is 0 Å². The lowest BCUT2D eigenvalue weighted by atomic mass is 9.98. The summed E-state index contributed by atoms with van der Waals surface area (Å²) < 4.78 is 39.3. The van der Waals surface area contributed by atoms with Crippen LogP contribution in [0.15, 0.2) is 46.9 Å². The Morgan fingerprint density at radius 1 is 1.14 bits per heavy atom. The van der Waals surface area contributed by atoms with Gasteiger partial charge in [-0.2, -0.15) is 13.2 Å². The Labute approximate surface area is 132 Å². The Bertz CT molecular complexity index is 683. The van der Waals surface area contributed by atoms with Gasteiger partial charge in [0.2, 0.25) is 0 Å². The molecule has 0 N–H and O–H groups in total. The summed E-state index contributed by atoms with van der Waals surface area (Å²) in [6.07, 6.45) is -4.71. The molecule has 0 saturated carbocycles. The first kappa shape index (κ1) is 16.0. The third kappa shape index (κ3) is 4.08. The highest BCUT2D eigenvalue weighted by Gasteiger charge is 2.35. The minimum atomic E-state index is -4.58. The topological polar surface area (TPSA) is 17.1 Å². The number of hydrogen-bond acceptors (Lipinski definition) is 1. The van der Waals surface area contributed by atoms with Crippen LogP contribution >= 0.6 is 27.5 Å². The molecule has 0 saturated heterocycles. The van der Waals surface area contributed by atoms with Crippen molar-refractivity contribution < 1.29 is 18.0 Å². The lowest BCUT2D eigenvalue weighted by Gasteiger charge is -2.12. The fourth-order valence-corrected chi connectivity index (χ4v) is 2.50. The maximum Gasteiger partial charge on any atom is 0.417 e. The number of rotatable bonds is 3. The Morgan fingerprint density at radius 2 is 1.86 bits per heavy atom. The van der Waals surface area contributed by atoms with E-state index in [1.54, 1.807) is 24.3 Å². The molecular formula is C15H9BrClF3O. The van der Waals surface area contributed by atoms with Crippen molar-refractivity contribution in [1.82, 2.24) is 0 Å². The van der Waals surface area contributed by atoms with Crippen molar-refractivity contribution in [2.45, 2.75) is 12.6 Å². The van der Waals surface area contributed by atoms with Crippen molar-refractivity contribution in [1.29, 1.82) is 0 Å². The summed E-state index contributed by atoms with van der Waals surface area (Å²) in [4.78, 5) is 12.1. The second-order valence-electron chi connectivity index (χ2n) is 4.42. The van der Waals surface area contributed by atoms with Crippen molar-refractivity contribution in [3.05, 3.63) is 68.7 Å². The molecule has 0 atom stereocenters. The molecule has 0 heterocycles. The smallest absolute Gasteiger partial charge is 0.294 e. The molecule has 0 aliphatic rings. The largest absolute Gasteiger partial charge is 0.417 e. The number of alkyl halides is 3. The number of carbonyl (C=O) groups excluding carboxylic acids is 1. The van der Waals surface area contributed by atoms with Gasteiger partial charge in [0, 0.05) is 21.5 Å². The van der Waals surface area contributed by atoms with Crippen molar-refractivity contribution in [2.24, 2.45) is 0 Å². The normalized spacial score (nSPS) is 11.5. The third-order valence-corrected chi connectivity index (χ3v) is 3.57. The average Bonchev–Trinajstić information content (AvgIpc) is 2.37. The van der Waals surface area contributed by atoms with Crippen molar-refractivity contribution >= 4 is 33.3 Å². The highest BCUT2D eigenvalue weighted by Crippen LogP contribution is 2.34. The van der Waals surface area contributed by atoms with Gasteiger partial charge in [0.25, 0.3) is 0 Å². The Kier molecular flexibility index (Phi) is 4.74. The van der Waals surface area contributed by atoms with Gasteiger partial charge >= 0.3 is 6.18 Å². The van der Waals surface area contributed by atoms with Crippen LogP contribution in [0.3, 0.4) is 0 Å². The maximum atomic E-state index is 13.0. The van der Waals surface area contributed by atoms with Gasteiger partial charge in [-0.25, -0.2) is 0 Å². The first-order chi connectivity index (χ1) is 9.77. The van der Waals surface area contributed by atoms with E-state index >= 15 is 0 Å². The van der Waals surface area contributed by atoms with Gasteiger partial charge < -0.3 is 0 Å². The van der Waals surface area contributed by atoms with E-state index in [4.69, 9.17) is 11.6 Å². The highest BCUT2D eigenvalue weighted by molar-refractivity contribution is 9.10. The lowest BCUT2D eigenvalue weighted by Crippen LogP contribution is -2.14. The second kappa shape index (κ2) is 6.20. The zero-order valence-corrected chi connectivity index (χ0v) is 12.9. The standard InChI is InChI=1S/C15H9BrClF3O/c16-10-4-5-12(13(8-10)15(18,19)20)14(21)7-9-2-1-3-11(17)6-9/h1-6,8H,7H2. The molecule has 1 nitrogen and oxygen atoms in total. The first-order valence-electron chi connectivity index (χ1n) is 5.92. The van der Waals surface area contributed by atoms with Crippen LogP contribution in [0.1, 0.15) is 21.5 Å². The fraction of sp³-hybridized carbons (Fsp3) is 0.133. The van der Waals surface area contributed by atoms with Gasteiger partial charge in [-0.3, -0.25) is 4.79 Å². The lowest BCUT2D eigenvalue weighted by molar-refractivity contribution is -0.138. The summed E-state index contributed by atoms with van der Waals surface area (Å²) in [5.41, 5.74) is -0.710. The Hall–Kier alpha value is -1.33. The number of halogens is 5. The Morgan fingerprint density at radius 3 is 2.48 bits per heavy atom. The summed E-state index contributed by atoms with van der Waals surface area (Å²) in [5, 5.41) is 0.437. The van der Waals surface area contributed by atoms with Crippen LogP contribution < -0.4 is 0 Å². The quantitative estimate of drug-likeness (QED) is 0.641. The maximum absolute atomic E-state index is 13.0. The zero-order chi connectivity index (χ0) is 15.6. The molecule has 0 radical (unpaired) electrons. The molecule has 2 rings (SSSR count). The monoisotopic (exact) mass is 376 g/mol. The zero-order valence-electron chi connectivity index (χ0n) is 10.5. The third-order valence-electron chi connectivity index (χ3n) is 2.84. The molecule has 0 spiro atoms. The molecule has 0 aliphatic heterocycles. The summed E-state index contributed by atoms with van der Waals surface area (Å²) >= 11 is 8.79. The summed E-state index contributed by atoms with van der Waals surface area (Å²) in [6.45, 7) is 0. The SMILES string of the molecule is O=C(Cc1cccc(Cl)c1)c1ccc(Br)cc1C(F)(F)F. The molecule has 0 amide bonds. The summed E-state index contributed by atoms with van der Waals surface area (Å²) in [6, 6.07) is 10.0. The molecule has 2 aromatic rings. The minimum Gasteiger partial charge on any atom is -0.294 e. The van der Waals surface area contributed by atoms with Crippen LogP contribution in [-0.4, -0.2) is 5.78 Å². The molecular weight excluding hydrogens is 369 g/mol. The van der Waals surface area contributed by atoms with Gasteiger partial charge in [-0.1, -0.05) is 39.7 Å². The van der Waals surface area contributed by atoms with Gasteiger partial charge in [-0.05, 0) is 35.9 Å². The second-order valence-corrected chi connectivity index (χ2v) is 5.77. The molecule has 6 heteroatoms. The first-order valence-corrected chi connectivity index (χ1v) is 7.09. The number of carbonyl (C=O) groups is 1. The minimum absolute atomic E-state index is 0.134. The van der Waals surface area contributed by atoms with Crippen LogP contribution in [-0.2, 0) is 12.6 Å². The van der Waals surface area contributed by atoms with Gasteiger partial charge in [0.15, 0.2) is 5.78 Å². The molecule has 0 bridgehead atoms. The van der Waals surface area contributed by atoms with Crippen LogP contribution in [0, 0.1) is 0 Å². The van der Waals surface area contributed by atoms with Crippen LogP contribution in [0.5, 0.6) is 0 Å². The molecule has 110 valence electrons. The molecule has 0 unspecified atom stereocenters. The van der Waals surface area contributed by atoms with E-state index in [1.165, 1.54) is 12.1 Å². The van der Waals surface area contributed by atoms with Gasteiger partial charge in [-0.15, -0.1) is 0 Å². The molecule has 0 aliphatic carbocycles. The van der Waals surface area contributed by atoms with Gasteiger partial charge in [0.1, 0.15) is 0 Å². The van der Waals surface area contributed by atoms with Crippen molar-refractivity contribution in [2.75, 3.05) is 0 Å². The van der Waals surface area contributed by atoms with E-state index in [1.807, 2.05) is 0 Å².